The van der Waals surface area contributed by atoms with Gasteiger partial charge in [-0.2, -0.15) is 4.31 Å². The Morgan fingerprint density at radius 2 is 1.79 bits per heavy atom. The van der Waals surface area contributed by atoms with Crippen LogP contribution in [0.3, 0.4) is 0 Å². The highest BCUT2D eigenvalue weighted by molar-refractivity contribution is 7.89. The van der Waals surface area contributed by atoms with E-state index in [1.807, 2.05) is 6.07 Å². The molecule has 1 aliphatic rings. The minimum atomic E-state index is -3.63. The third-order valence-electron chi connectivity index (χ3n) is 4.59. The number of anilines is 1. The molecule has 0 aliphatic carbocycles. The number of hydrogen-bond donors (Lipinski definition) is 1. The number of carbonyl (C=O) groups is 2. The third kappa shape index (κ3) is 4.26. The Kier molecular flexibility index (Phi) is 5.85. The molecule has 1 aromatic heterocycles. The van der Waals surface area contributed by atoms with Crippen LogP contribution in [0.25, 0.3) is 0 Å². The first-order valence-electron chi connectivity index (χ1n) is 9.02. The monoisotopic (exact) mass is 405 g/mol. The maximum absolute atomic E-state index is 12.7. The van der Waals surface area contributed by atoms with E-state index in [9.17, 15) is 18.0 Å². The van der Waals surface area contributed by atoms with Gasteiger partial charge in [0.2, 0.25) is 10.0 Å². The van der Waals surface area contributed by atoms with Crippen LogP contribution in [0.5, 0.6) is 0 Å². The fourth-order valence-corrected chi connectivity index (χ4v) is 4.58. The van der Waals surface area contributed by atoms with Crippen molar-refractivity contribution in [2.24, 2.45) is 7.05 Å². The van der Waals surface area contributed by atoms with Crippen LogP contribution in [-0.4, -0.2) is 48.4 Å². The average Bonchev–Trinajstić information content (AvgIpc) is 3.32. The number of hydrogen-bond acceptors (Lipinski definition) is 5. The van der Waals surface area contributed by atoms with Crippen molar-refractivity contribution in [3.05, 3.63) is 48.3 Å². The molecule has 1 fully saturated rings. The minimum Gasteiger partial charge on any atom is -0.448 e. The molecule has 1 N–H and O–H groups in total. The van der Waals surface area contributed by atoms with Crippen LogP contribution in [0.15, 0.2) is 47.5 Å². The van der Waals surface area contributed by atoms with E-state index in [1.54, 1.807) is 31.3 Å². The zero-order chi connectivity index (χ0) is 20.3. The Hall–Kier alpha value is -2.65. The quantitative estimate of drug-likeness (QED) is 0.742. The number of sulfonamides is 1. The first kappa shape index (κ1) is 20.1. The Morgan fingerprint density at radius 3 is 2.43 bits per heavy atom. The van der Waals surface area contributed by atoms with Crippen LogP contribution >= 0.6 is 0 Å². The maximum atomic E-state index is 12.7. The summed E-state index contributed by atoms with van der Waals surface area (Å²) in [6.07, 6.45) is 2.00. The largest absolute Gasteiger partial charge is 0.448 e. The predicted molar refractivity (Wildman–Crippen MR) is 103 cm³/mol. The lowest BCUT2D eigenvalue weighted by atomic mass is 10.3. The summed E-state index contributed by atoms with van der Waals surface area (Å²) < 4.78 is 33.3. The molecule has 2 heterocycles. The second-order valence-corrected chi connectivity index (χ2v) is 8.62. The van der Waals surface area contributed by atoms with Gasteiger partial charge in [-0.05, 0) is 38.0 Å². The molecule has 1 saturated heterocycles. The second kappa shape index (κ2) is 8.15. The Bertz CT molecular complexity index is 963. The normalized spacial score (nSPS) is 15.9. The highest BCUT2D eigenvalue weighted by Gasteiger charge is 2.30. The van der Waals surface area contributed by atoms with E-state index < -0.39 is 28.0 Å². The molecule has 8 nitrogen and oxygen atoms in total. The summed E-state index contributed by atoms with van der Waals surface area (Å²) in [7, 11) is -2.07. The second-order valence-electron chi connectivity index (χ2n) is 6.69. The molecule has 2 aromatic rings. The molecule has 1 unspecified atom stereocenters. The first-order valence-corrected chi connectivity index (χ1v) is 10.5. The van der Waals surface area contributed by atoms with Gasteiger partial charge in [-0.3, -0.25) is 4.79 Å². The lowest BCUT2D eigenvalue weighted by Gasteiger charge is -2.14. The molecule has 1 aromatic carbocycles. The number of nitrogens with zero attached hydrogens (tertiary/aromatic N) is 2. The third-order valence-corrected chi connectivity index (χ3v) is 6.45. The first-order chi connectivity index (χ1) is 13.3. The van der Waals surface area contributed by atoms with Gasteiger partial charge < -0.3 is 14.6 Å². The van der Waals surface area contributed by atoms with E-state index in [2.05, 4.69) is 5.32 Å². The molecule has 3 rings (SSSR count). The summed E-state index contributed by atoms with van der Waals surface area (Å²) in [5.41, 5.74) is 0.658. The molecule has 1 amide bonds. The molecular formula is C19H23N3O5S. The number of aryl methyl sites for hydroxylation is 1. The summed E-state index contributed by atoms with van der Waals surface area (Å²) in [5.74, 6) is -1.24. The van der Waals surface area contributed by atoms with E-state index in [4.69, 9.17) is 4.74 Å². The van der Waals surface area contributed by atoms with Crippen LogP contribution in [0.2, 0.25) is 0 Å². The van der Waals surface area contributed by atoms with E-state index in [-0.39, 0.29) is 10.6 Å². The van der Waals surface area contributed by atoms with Gasteiger partial charge >= 0.3 is 5.97 Å². The van der Waals surface area contributed by atoms with Gasteiger partial charge in [0.1, 0.15) is 10.6 Å². The van der Waals surface area contributed by atoms with Crippen molar-refractivity contribution in [3.63, 3.8) is 0 Å². The molecule has 0 radical (unpaired) electrons. The van der Waals surface area contributed by atoms with Crippen molar-refractivity contribution in [2.75, 3.05) is 18.4 Å². The standard InChI is InChI=1S/C19H23N3O5S/c1-14(18(23)20-15-8-4-3-5-9-15)27-19(24)17-12-16(13-21(17)2)28(25,26)22-10-6-7-11-22/h3-5,8-9,12-14H,6-7,10-11H2,1-2H3,(H,20,23). The van der Waals surface area contributed by atoms with Gasteiger partial charge in [0, 0.05) is 32.0 Å². The topological polar surface area (TPSA) is 97.7 Å². The lowest BCUT2D eigenvalue weighted by Crippen LogP contribution is -2.30. The maximum Gasteiger partial charge on any atom is 0.355 e. The Labute approximate surface area is 164 Å². The number of esters is 1. The van der Waals surface area contributed by atoms with E-state index in [1.165, 1.54) is 28.1 Å². The highest BCUT2D eigenvalue weighted by Crippen LogP contribution is 2.23. The van der Waals surface area contributed by atoms with Gasteiger partial charge in [0.05, 0.1) is 0 Å². The van der Waals surface area contributed by atoms with Crippen molar-refractivity contribution >= 4 is 27.6 Å². The molecule has 28 heavy (non-hydrogen) atoms. The number of para-hydroxylation sites is 1. The van der Waals surface area contributed by atoms with Gasteiger partial charge in [0.15, 0.2) is 6.10 Å². The lowest BCUT2D eigenvalue weighted by molar-refractivity contribution is -0.123. The number of ether oxygens (including phenoxy) is 1. The van der Waals surface area contributed by atoms with Crippen LogP contribution in [-0.2, 0) is 26.6 Å². The number of aromatic nitrogens is 1. The summed E-state index contributed by atoms with van der Waals surface area (Å²) in [5, 5.41) is 2.65. The summed E-state index contributed by atoms with van der Waals surface area (Å²) >= 11 is 0. The molecule has 1 aliphatic heterocycles. The Morgan fingerprint density at radius 1 is 1.14 bits per heavy atom. The molecule has 0 spiro atoms. The van der Waals surface area contributed by atoms with Crippen molar-refractivity contribution in [1.29, 1.82) is 0 Å². The van der Waals surface area contributed by atoms with Crippen molar-refractivity contribution < 1.29 is 22.7 Å². The zero-order valence-corrected chi connectivity index (χ0v) is 16.6. The van der Waals surface area contributed by atoms with E-state index in [0.29, 0.717) is 18.8 Å². The number of rotatable bonds is 6. The fraction of sp³-hybridized carbons (Fsp3) is 0.368. The van der Waals surface area contributed by atoms with E-state index >= 15 is 0 Å². The number of nitrogens with one attached hydrogen (secondary N) is 1. The van der Waals surface area contributed by atoms with Crippen molar-refractivity contribution in [1.82, 2.24) is 8.87 Å². The number of amides is 1. The van der Waals surface area contributed by atoms with Crippen LogP contribution in [0.1, 0.15) is 30.3 Å². The van der Waals surface area contributed by atoms with E-state index in [0.717, 1.165) is 12.8 Å². The van der Waals surface area contributed by atoms with Crippen LogP contribution in [0, 0.1) is 0 Å². The molecule has 1 atom stereocenters. The zero-order valence-electron chi connectivity index (χ0n) is 15.8. The van der Waals surface area contributed by atoms with Crippen LogP contribution < -0.4 is 5.32 Å². The SMILES string of the molecule is CC(OC(=O)c1cc(S(=O)(=O)N2CCCC2)cn1C)C(=O)Nc1ccccc1. The van der Waals surface area contributed by atoms with Crippen molar-refractivity contribution in [2.45, 2.75) is 30.8 Å². The Balaban J connectivity index is 1.69. The average molecular weight is 405 g/mol. The predicted octanol–water partition coefficient (Wildman–Crippen LogP) is 1.99. The summed E-state index contributed by atoms with van der Waals surface area (Å²) in [6.45, 7) is 2.42. The number of benzene rings is 1. The number of carbonyl (C=O) groups excluding carboxylic acids is 2. The molecule has 9 heteroatoms. The van der Waals surface area contributed by atoms with Gasteiger partial charge in [-0.25, -0.2) is 13.2 Å². The summed E-state index contributed by atoms with van der Waals surface area (Å²) in [6, 6.07) is 10.1. The molecule has 0 bridgehead atoms. The van der Waals surface area contributed by atoms with Crippen molar-refractivity contribution in [3.8, 4) is 0 Å². The van der Waals surface area contributed by atoms with Gasteiger partial charge in [0.25, 0.3) is 5.91 Å². The van der Waals surface area contributed by atoms with Gasteiger partial charge in [-0.15, -0.1) is 0 Å². The molecular weight excluding hydrogens is 382 g/mol. The molecule has 0 saturated carbocycles. The minimum absolute atomic E-state index is 0.0465. The smallest absolute Gasteiger partial charge is 0.355 e. The van der Waals surface area contributed by atoms with Gasteiger partial charge in [-0.1, -0.05) is 18.2 Å². The van der Waals surface area contributed by atoms with Crippen LogP contribution in [0.4, 0.5) is 5.69 Å². The molecule has 150 valence electrons. The summed E-state index contributed by atoms with van der Waals surface area (Å²) in [4.78, 5) is 24.7. The highest BCUT2D eigenvalue weighted by atomic mass is 32.2. The fourth-order valence-electron chi connectivity index (χ4n) is 3.00.